The van der Waals surface area contributed by atoms with Crippen LogP contribution in [0.2, 0.25) is 0 Å². The Morgan fingerprint density at radius 2 is 2.18 bits per heavy atom. The van der Waals surface area contributed by atoms with Crippen LogP contribution in [0, 0.1) is 5.92 Å². The molecule has 0 radical (unpaired) electrons. The number of rotatable bonds is 4. The molecule has 1 fully saturated rings. The van der Waals surface area contributed by atoms with Gasteiger partial charge >= 0.3 is 5.97 Å². The molecule has 0 amide bonds. The van der Waals surface area contributed by atoms with Crippen molar-refractivity contribution >= 4 is 17.7 Å². The summed E-state index contributed by atoms with van der Waals surface area (Å²) in [7, 11) is 0. The van der Waals surface area contributed by atoms with Crippen LogP contribution in [0.15, 0.2) is 30.3 Å². The first-order valence-electron chi connectivity index (χ1n) is 5.73. The van der Waals surface area contributed by atoms with Gasteiger partial charge in [-0.25, -0.2) is 0 Å². The van der Waals surface area contributed by atoms with Crippen molar-refractivity contribution in [1.82, 2.24) is 0 Å². The summed E-state index contributed by atoms with van der Waals surface area (Å²) in [5.74, 6) is 0.620. The van der Waals surface area contributed by atoms with E-state index in [0.29, 0.717) is 13.0 Å². The molecule has 2 atom stereocenters. The highest BCUT2D eigenvalue weighted by molar-refractivity contribution is 7.99. The summed E-state index contributed by atoms with van der Waals surface area (Å²) in [4.78, 5) is 11.1. The SMILES string of the molecule is O=C(O)C1CCSCC1OCc1ccccc1. The van der Waals surface area contributed by atoms with Gasteiger partial charge < -0.3 is 9.84 Å². The first-order chi connectivity index (χ1) is 8.27. The number of aliphatic carboxylic acids is 1. The third-order valence-corrected chi connectivity index (χ3v) is 4.02. The zero-order valence-electron chi connectivity index (χ0n) is 9.54. The molecule has 3 nitrogen and oxygen atoms in total. The summed E-state index contributed by atoms with van der Waals surface area (Å²) in [6, 6.07) is 9.86. The van der Waals surface area contributed by atoms with Crippen molar-refractivity contribution in [1.29, 1.82) is 0 Å². The van der Waals surface area contributed by atoms with Crippen LogP contribution in [0.25, 0.3) is 0 Å². The maximum atomic E-state index is 11.1. The summed E-state index contributed by atoms with van der Waals surface area (Å²) in [6.07, 6.45) is 0.547. The first-order valence-corrected chi connectivity index (χ1v) is 6.89. The molecule has 0 aliphatic carbocycles. The molecule has 1 saturated heterocycles. The molecule has 0 bridgehead atoms. The fourth-order valence-electron chi connectivity index (χ4n) is 1.94. The van der Waals surface area contributed by atoms with Gasteiger partial charge in [-0.15, -0.1) is 0 Å². The molecule has 1 N–H and O–H groups in total. The van der Waals surface area contributed by atoms with Gasteiger partial charge in [-0.05, 0) is 17.7 Å². The second-order valence-electron chi connectivity index (χ2n) is 4.14. The summed E-state index contributed by atoms with van der Waals surface area (Å²) in [5, 5.41) is 9.12. The molecule has 2 rings (SSSR count). The van der Waals surface area contributed by atoms with Gasteiger partial charge in [0.1, 0.15) is 0 Å². The maximum Gasteiger partial charge on any atom is 0.309 e. The zero-order valence-corrected chi connectivity index (χ0v) is 10.4. The Morgan fingerprint density at radius 1 is 1.41 bits per heavy atom. The van der Waals surface area contributed by atoms with Gasteiger partial charge in [0.05, 0.1) is 18.6 Å². The van der Waals surface area contributed by atoms with Crippen molar-refractivity contribution in [2.24, 2.45) is 5.92 Å². The van der Waals surface area contributed by atoms with Gasteiger partial charge in [0.25, 0.3) is 0 Å². The van der Waals surface area contributed by atoms with Gasteiger partial charge in [0.2, 0.25) is 0 Å². The Balaban J connectivity index is 1.90. The lowest BCUT2D eigenvalue weighted by Crippen LogP contribution is -2.36. The van der Waals surface area contributed by atoms with E-state index in [-0.39, 0.29) is 12.0 Å². The number of carboxylic acid groups (broad SMARTS) is 1. The smallest absolute Gasteiger partial charge is 0.309 e. The van der Waals surface area contributed by atoms with Crippen molar-refractivity contribution in [2.75, 3.05) is 11.5 Å². The standard InChI is InChI=1S/C13H16O3S/c14-13(15)11-6-7-17-9-12(11)16-8-10-4-2-1-3-5-10/h1-5,11-12H,6-9H2,(H,14,15). The molecule has 1 aromatic carbocycles. The Kier molecular flexibility index (Phi) is 4.45. The van der Waals surface area contributed by atoms with Crippen LogP contribution in [0.1, 0.15) is 12.0 Å². The maximum absolute atomic E-state index is 11.1. The van der Waals surface area contributed by atoms with Crippen molar-refractivity contribution in [3.05, 3.63) is 35.9 Å². The van der Waals surface area contributed by atoms with E-state index in [1.165, 1.54) is 0 Å². The van der Waals surface area contributed by atoms with Crippen LogP contribution in [0.3, 0.4) is 0 Å². The summed E-state index contributed by atoms with van der Waals surface area (Å²) in [5.41, 5.74) is 1.09. The Hall–Kier alpha value is -1.00. The third-order valence-electron chi connectivity index (χ3n) is 2.93. The Labute approximate surface area is 105 Å². The number of benzene rings is 1. The number of hydrogen-bond donors (Lipinski definition) is 1. The van der Waals surface area contributed by atoms with Crippen molar-refractivity contribution in [2.45, 2.75) is 19.1 Å². The minimum atomic E-state index is -0.733. The molecule has 0 aromatic heterocycles. The lowest BCUT2D eigenvalue weighted by atomic mass is 10.0. The van der Waals surface area contributed by atoms with Crippen LogP contribution in [-0.4, -0.2) is 28.7 Å². The minimum absolute atomic E-state index is 0.161. The number of carboxylic acids is 1. The van der Waals surface area contributed by atoms with Crippen molar-refractivity contribution in [3.63, 3.8) is 0 Å². The first kappa shape index (κ1) is 12.5. The number of hydrogen-bond acceptors (Lipinski definition) is 3. The summed E-state index contributed by atoms with van der Waals surface area (Å²) >= 11 is 1.77. The van der Waals surface area contributed by atoms with E-state index in [0.717, 1.165) is 17.1 Å². The van der Waals surface area contributed by atoms with E-state index in [2.05, 4.69) is 0 Å². The number of thioether (sulfide) groups is 1. The van der Waals surface area contributed by atoms with E-state index < -0.39 is 5.97 Å². The lowest BCUT2D eigenvalue weighted by Gasteiger charge is -2.28. The highest BCUT2D eigenvalue weighted by atomic mass is 32.2. The molecule has 92 valence electrons. The predicted molar refractivity (Wildman–Crippen MR) is 68.1 cm³/mol. The second-order valence-corrected chi connectivity index (χ2v) is 5.29. The van der Waals surface area contributed by atoms with E-state index in [1.54, 1.807) is 11.8 Å². The van der Waals surface area contributed by atoms with Crippen LogP contribution in [0.4, 0.5) is 0 Å². The van der Waals surface area contributed by atoms with Gasteiger partial charge in [-0.1, -0.05) is 30.3 Å². The normalized spacial score (nSPS) is 24.5. The zero-order chi connectivity index (χ0) is 12.1. The minimum Gasteiger partial charge on any atom is -0.481 e. The quantitative estimate of drug-likeness (QED) is 0.894. The highest BCUT2D eigenvalue weighted by Gasteiger charge is 2.31. The third kappa shape index (κ3) is 3.48. The average Bonchev–Trinajstić information content (AvgIpc) is 2.38. The molecule has 0 saturated carbocycles. The van der Waals surface area contributed by atoms with E-state index in [4.69, 9.17) is 9.84 Å². The van der Waals surface area contributed by atoms with Gasteiger partial charge in [0.15, 0.2) is 0 Å². The molecule has 1 heterocycles. The van der Waals surface area contributed by atoms with E-state index >= 15 is 0 Å². The van der Waals surface area contributed by atoms with E-state index in [1.807, 2.05) is 30.3 Å². The van der Waals surface area contributed by atoms with Gasteiger partial charge in [0, 0.05) is 5.75 Å². The monoisotopic (exact) mass is 252 g/mol. The molecule has 0 spiro atoms. The second kappa shape index (κ2) is 6.07. The molecule has 1 aliphatic heterocycles. The molecule has 1 aromatic rings. The molecule has 1 aliphatic rings. The molecular formula is C13H16O3S. The Morgan fingerprint density at radius 3 is 2.88 bits per heavy atom. The average molecular weight is 252 g/mol. The predicted octanol–water partition coefficient (Wildman–Crippen LogP) is 2.41. The topological polar surface area (TPSA) is 46.5 Å². The Bertz CT molecular complexity index is 366. The molecule has 4 heteroatoms. The van der Waals surface area contributed by atoms with E-state index in [9.17, 15) is 4.79 Å². The van der Waals surface area contributed by atoms with Gasteiger partial charge in [-0.2, -0.15) is 11.8 Å². The van der Waals surface area contributed by atoms with Gasteiger partial charge in [-0.3, -0.25) is 4.79 Å². The van der Waals surface area contributed by atoms with Crippen LogP contribution in [-0.2, 0) is 16.1 Å². The molecule has 2 unspecified atom stereocenters. The van der Waals surface area contributed by atoms with Crippen molar-refractivity contribution < 1.29 is 14.6 Å². The van der Waals surface area contributed by atoms with Crippen LogP contribution in [0.5, 0.6) is 0 Å². The molecule has 17 heavy (non-hydrogen) atoms. The van der Waals surface area contributed by atoms with Crippen LogP contribution >= 0.6 is 11.8 Å². The number of carbonyl (C=O) groups is 1. The van der Waals surface area contributed by atoms with Crippen molar-refractivity contribution in [3.8, 4) is 0 Å². The van der Waals surface area contributed by atoms with Crippen LogP contribution < -0.4 is 0 Å². The highest BCUT2D eigenvalue weighted by Crippen LogP contribution is 2.26. The summed E-state index contributed by atoms with van der Waals surface area (Å²) in [6.45, 7) is 0.496. The fraction of sp³-hybridized carbons (Fsp3) is 0.462. The lowest BCUT2D eigenvalue weighted by molar-refractivity contribution is -0.147. The molecular weight excluding hydrogens is 236 g/mol. The largest absolute Gasteiger partial charge is 0.481 e. The summed E-state index contributed by atoms with van der Waals surface area (Å²) < 4.78 is 5.74. The fourth-order valence-corrected chi connectivity index (χ4v) is 3.08. The number of ether oxygens (including phenoxy) is 1.